The van der Waals surface area contributed by atoms with Crippen molar-refractivity contribution in [2.45, 2.75) is 38.7 Å². The van der Waals surface area contributed by atoms with E-state index in [9.17, 15) is 8.78 Å². The Bertz CT molecular complexity index is 667. The molecule has 0 N–H and O–H groups in total. The van der Waals surface area contributed by atoms with Crippen LogP contribution in [0.15, 0.2) is 22.7 Å². The van der Waals surface area contributed by atoms with E-state index in [4.69, 9.17) is 9.26 Å². The maximum atomic E-state index is 13.6. The lowest BCUT2D eigenvalue weighted by Crippen LogP contribution is -2.38. The molecule has 0 saturated carbocycles. The summed E-state index contributed by atoms with van der Waals surface area (Å²) in [5.74, 6) is -0.292. The predicted molar refractivity (Wildman–Crippen MR) is 80.6 cm³/mol. The molecular weight excluding hydrogens is 304 g/mol. The van der Waals surface area contributed by atoms with Gasteiger partial charge in [0.1, 0.15) is 11.9 Å². The van der Waals surface area contributed by atoms with Gasteiger partial charge in [0.15, 0.2) is 17.4 Å². The number of rotatable bonds is 4. The number of hydrogen-bond acceptors (Lipinski definition) is 5. The Labute approximate surface area is 133 Å². The lowest BCUT2D eigenvalue weighted by Gasteiger charge is -2.30. The van der Waals surface area contributed by atoms with Crippen molar-refractivity contribution >= 4 is 6.01 Å². The van der Waals surface area contributed by atoms with Crippen molar-refractivity contribution in [3.05, 3.63) is 35.7 Å². The van der Waals surface area contributed by atoms with Crippen LogP contribution in [0.2, 0.25) is 0 Å². The minimum atomic E-state index is -0.675. The van der Waals surface area contributed by atoms with Crippen LogP contribution in [0.4, 0.5) is 14.8 Å². The number of nitrogens with zero attached hydrogens (tertiary/aromatic N) is 3. The van der Waals surface area contributed by atoms with E-state index in [2.05, 4.69) is 10.1 Å². The summed E-state index contributed by atoms with van der Waals surface area (Å²) in [5.41, 5.74) is 0. The van der Waals surface area contributed by atoms with E-state index in [1.165, 1.54) is 12.1 Å². The summed E-state index contributed by atoms with van der Waals surface area (Å²) in [4.78, 5) is 6.37. The van der Waals surface area contributed by atoms with E-state index >= 15 is 0 Å². The number of hydrogen-bond donors (Lipinski definition) is 0. The van der Waals surface area contributed by atoms with Crippen LogP contribution >= 0.6 is 0 Å². The fourth-order valence-electron chi connectivity index (χ4n) is 2.50. The molecule has 1 aromatic carbocycles. The summed E-state index contributed by atoms with van der Waals surface area (Å²) in [6.45, 7) is 5.39. The molecule has 1 fully saturated rings. The van der Waals surface area contributed by atoms with Gasteiger partial charge in [-0.05, 0) is 12.1 Å². The van der Waals surface area contributed by atoms with Gasteiger partial charge >= 0.3 is 6.01 Å². The summed E-state index contributed by atoms with van der Waals surface area (Å²) in [6, 6.07) is 3.86. The highest BCUT2D eigenvalue weighted by Gasteiger charge is 2.25. The van der Waals surface area contributed by atoms with Crippen LogP contribution in [0.5, 0.6) is 5.75 Å². The van der Waals surface area contributed by atoms with Crippen LogP contribution in [0.1, 0.15) is 38.4 Å². The van der Waals surface area contributed by atoms with Gasteiger partial charge in [0.05, 0.1) is 0 Å². The lowest BCUT2D eigenvalue weighted by molar-refractivity contribution is 0.161. The standard InChI is InChI=1S/C16H19F2N3O2/c1-10(2)15-19-16(23-20-15)21-7-5-12(6-8-21)22-14-4-3-11(17)9-13(14)18/h3-4,9-10,12H,5-8H2,1-2H3. The zero-order valence-corrected chi connectivity index (χ0v) is 13.1. The molecule has 0 aliphatic carbocycles. The first-order valence-electron chi connectivity index (χ1n) is 7.73. The Hall–Kier alpha value is -2.18. The Morgan fingerprint density at radius 3 is 2.61 bits per heavy atom. The van der Waals surface area contributed by atoms with Crippen LogP contribution in [0.25, 0.3) is 0 Å². The minimum absolute atomic E-state index is 0.0877. The second-order valence-electron chi connectivity index (χ2n) is 5.97. The lowest BCUT2D eigenvalue weighted by atomic mass is 10.1. The minimum Gasteiger partial charge on any atom is -0.487 e. The summed E-state index contributed by atoms with van der Waals surface area (Å²) in [6.07, 6.45) is 1.30. The van der Waals surface area contributed by atoms with Crippen molar-refractivity contribution in [1.82, 2.24) is 10.1 Å². The van der Waals surface area contributed by atoms with Crippen LogP contribution in [-0.2, 0) is 0 Å². The predicted octanol–water partition coefficient (Wildman–Crippen LogP) is 3.52. The summed E-state index contributed by atoms with van der Waals surface area (Å²) < 4.78 is 37.4. The smallest absolute Gasteiger partial charge is 0.324 e. The monoisotopic (exact) mass is 323 g/mol. The third kappa shape index (κ3) is 3.60. The average molecular weight is 323 g/mol. The summed E-state index contributed by atoms with van der Waals surface area (Å²) in [7, 11) is 0. The molecule has 23 heavy (non-hydrogen) atoms. The van der Waals surface area contributed by atoms with Gasteiger partial charge in [-0.15, -0.1) is 0 Å². The first-order chi connectivity index (χ1) is 11.0. The molecule has 7 heteroatoms. The normalized spacial score (nSPS) is 16.1. The molecule has 0 atom stereocenters. The second kappa shape index (κ2) is 6.52. The average Bonchev–Trinajstić information content (AvgIpc) is 3.01. The van der Waals surface area contributed by atoms with Crippen LogP contribution in [0, 0.1) is 11.6 Å². The SMILES string of the molecule is CC(C)c1noc(N2CCC(Oc3ccc(F)cc3F)CC2)n1. The van der Waals surface area contributed by atoms with E-state index in [-0.39, 0.29) is 17.8 Å². The molecule has 1 aliphatic heterocycles. The van der Waals surface area contributed by atoms with Crippen molar-refractivity contribution < 1.29 is 18.0 Å². The molecule has 3 rings (SSSR count). The van der Waals surface area contributed by atoms with Gasteiger partial charge < -0.3 is 14.2 Å². The zero-order chi connectivity index (χ0) is 16.4. The first-order valence-corrected chi connectivity index (χ1v) is 7.73. The quantitative estimate of drug-likeness (QED) is 0.862. The molecule has 1 aromatic heterocycles. The van der Waals surface area contributed by atoms with E-state index in [1.807, 2.05) is 18.7 Å². The van der Waals surface area contributed by atoms with E-state index in [1.54, 1.807) is 0 Å². The highest BCUT2D eigenvalue weighted by atomic mass is 19.1. The number of aromatic nitrogens is 2. The third-order valence-electron chi connectivity index (χ3n) is 3.85. The Balaban J connectivity index is 1.57. The Morgan fingerprint density at radius 2 is 2.00 bits per heavy atom. The van der Waals surface area contributed by atoms with E-state index < -0.39 is 11.6 Å². The maximum absolute atomic E-state index is 13.6. The summed E-state index contributed by atoms with van der Waals surface area (Å²) >= 11 is 0. The maximum Gasteiger partial charge on any atom is 0.324 e. The second-order valence-corrected chi connectivity index (χ2v) is 5.97. The Morgan fingerprint density at radius 1 is 1.26 bits per heavy atom. The molecule has 2 heterocycles. The van der Waals surface area contributed by atoms with Gasteiger partial charge in [0.2, 0.25) is 0 Å². The molecule has 5 nitrogen and oxygen atoms in total. The van der Waals surface area contributed by atoms with Crippen LogP contribution < -0.4 is 9.64 Å². The van der Waals surface area contributed by atoms with Crippen molar-refractivity contribution in [3.63, 3.8) is 0 Å². The Kier molecular flexibility index (Phi) is 4.45. The number of anilines is 1. The van der Waals surface area contributed by atoms with Gasteiger partial charge in [-0.3, -0.25) is 0 Å². The van der Waals surface area contributed by atoms with Gasteiger partial charge in [-0.2, -0.15) is 4.98 Å². The molecule has 1 saturated heterocycles. The molecule has 0 bridgehead atoms. The molecule has 1 aliphatic rings. The number of halogens is 2. The molecule has 124 valence electrons. The highest BCUT2D eigenvalue weighted by molar-refractivity contribution is 5.28. The molecular formula is C16H19F2N3O2. The van der Waals surface area contributed by atoms with Gasteiger partial charge in [-0.25, -0.2) is 8.78 Å². The number of ether oxygens (including phenoxy) is 1. The van der Waals surface area contributed by atoms with Crippen LogP contribution in [0.3, 0.4) is 0 Å². The third-order valence-corrected chi connectivity index (χ3v) is 3.85. The zero-order valence-electron chi connectivity index (χ0n) is 13.1. The van der Waals surface area contributed by atoms with Crippen molar-refractivity contribution in [3.8, 4) is 5.75 Å². The van der Waals surface area contributed by atoms with Gasteiger partial charge in [0.25, 0.3) is 0 Å². The molecule has 0 unspecified atom stereocenters. The number of benzene rings is 1. The topological polar surface area (TPSA) is 51.4 Å². The molecule has 0 spiro atoms. The van der Waals surface area contributed by atoms with E-state index in [0.717, 1.165) is 6.07 Å². The molecule has 0 amide bonds. The fraction of sp³-hybridized carbons (Fsp3) is 0.500. The van der Waals surface area contributed by atoms with Crippen LogP contribution in [-0.4, -0.2) is 29.3 Å². The number of piperidine rings is 1. The van der Waals surface area contributed by atoms with Gasteiger partial charge in [-0.1, -0.05) is 19.0 Å². The van der Waals surface area contributed by atoms with Crippen molar-refractivity contribution in [1.29, 1.82) is 0 Å². The molecule has 0 radical (unpaired) electrons. The first kappa shape index (κ1) is 15.7. The van der Waals surface area contributed by atoms with Crippen molar-refractivity contribution in [2.24, 2.45) is 0 Å². The fourth-order valence-corrected chi connectivity index (χ4v) is 2.50. The van der Waals surface area contributed by atoms with E-state index in [0.29, 0.717) is 37.8 Å². The van der Waals surface area contributed by atoms with Gasteiger partial charge in [0, 0.05) is 37.9 Å². The summed E-state index contributed by atoms with van der Waals surface area (Å²) in [5, 5.41) is 3.95. The van der Waals surface area contributed by atoms with Crippen molar-refractivity contribution in [2.75, 3.05) is 18.0 Å². The highest BCUT2D eigenvalue weighted by Crippen LogP contribution is 2.25. The largest absolute Gasteiger partial charge is 0.487 e. The molecule has 2 aromatic rings.